The van der Waals surface area contributed by atoms with E-state index in [1.165, 1.54) is 11.3 Å². The minimum Gasteiger partial charge on any atom is -0.368 e. The lowest BCUT2D eigenvalue weighted by atomic mass is 9.94. The van der Waals surface area contributed by atoms with Crippen molar-refractivity contribution < 1.29 is 19.0 Å². The number of hydrogen-bond acceptors (Lipinski definition) is 7. The zero-order valence-electron chi connectivity index (χ0n) is 17.2. The van der Waals surface area contributed by atoms with Crippen LogP contribution in [-0.2, 0) is 16.1 Å². The van der Waals surface area contributed by atoms with Gasteiger partial charge in [-0.2, -0.15) is 0 Å². The molecule has 30 heavy (non-hydrogen) atoms. The quantitative estimate of drug-likeness (QED) is 0.738. The van der Waals surface area contributed by atoms with E-state index in [2.05, 4.69) is 19.9 Å². The predicted molar refractivity (Wildman–Crippen MR) is 106 cm³/mol. The fraction of sp³-hybridized carbons (Fsp3) is 0.571. The maximum absolute atomic E-state index is 13.1. The van der Waals surface area contributed by atoms with Crippen molar-refractivity contribution in [3.63, 3.8) is 0 Å². The van der Waals surface area contributed by atoms with E-state index in [0.717, 1.165) is 31.4 Å². The number of amides is 2. The summed E-state index contributed by atoms with van der Waals surface area (Å²) in [6.07, 6.45) is 6.86. The lowest BCUT2D eigenvalue weighted by Crippen LogP contribution is -2.46. The Morgan fingerprint density at radius 1 is 1.20 bits per heavy atom. The van der Waals surface area contributed by atoms with Crippen LogP contribution in [0.25, 0.3) is 0 Å². The molecule has 2 amide bonds. The van der Waals surface area contributed by atoms with Crippen LogP contribution in [0.3, 0.4) is 0 Å². The third-order valence-electron chi connectivity index (χ3n) is 5.82. The van der Waals surface area contributed by atoms with Gasteiger partial charge in [0.25, 0.3) is 5.91 Å². The molecule has 1 aliphatic carbocycles. The Kier molecular flexibility index (Phi) is 6.37. The van der Waals surface area contributed by atoms with Gasteiger partial charge in [-0.05, 0) is 37.1 Å². The molecule has 2 fully saturated rings. The number of aromatic nitrogens is 3. The highest BCUT2D eigenvalue weighted by Gasteiger charge is 2.36. The summed E-state index contributed by atoms with van der Waals surface area (Å²) in [6.45, 7) is 2.76. The first-order valence-corrected chi connectivity index (χ1v) is 10.5. The third-order valence-corrected chi connectivity index (χ3v) is 5.82. The number of ether oxygens (including phenoxy) is 1. The van der Waals surface area contributed by atoms with Crippen molar-refractivity contribution in [3.05, 3.63) is 41.5 Å². The molecule has 0 N–H and O–H groups in total. The topological polar surface area (TPSA) is 102 Å². The van der Waals surface area contributed by atoms with Crippen LogP contribution in [0.15, 0.2) is 29.0 Å². The molecule has 0 radical (unpaired) electrons. The number of pyridine rings is 1. The van der Waals surface area contributed by atoms with E-state index < -0.39 is 0 Å². The van der Waals surface area contributed by atoms with Crippen LogP contribution in [0, 0.1) is 6.92 Å². The Morgan fingerprint density at radius 2 is 2.03 bits per heavy atom. The molecule has 1 atom stereocenters. The minimum absolute atomic E-state index is 0.00504. The van der Waals surface area contributed by atoms with E-state index in [4.69, 9.17) is 4.74 Å². The Morgan fingerprint density at radius 3 is 2.73 bits per heavy atom. The van der Waals surface area contributed by atoms with Crippen LogP contribution in [-0.4, -0.2) is 68.7 Å². The fourth-order valence-corrected chi connectivity index (χ4v) is 4.21. The maximum Gasteiger partial charge on any atom is 0.278 e. The van der Waals surface area contributed by atoms with Gasteiger partial charge in [0.15, 0.2) is 5.69 Å². The zero-order chi connectivity index (χ0) is 20.9. The van der Waals surface area contributed by atoms with Gasteiger partial charge < -0.3 is 14.5 Å². The summed E-state index contributed by atoms with van der Waals surface area (Å²) in [6, 6.07) is 5.87. The first-order chi connectivity index (χ1) is 14.6. The van der Waals surface area contributed by atoms with Crippen LogP contribution < -0.4 is 0 Å². The summed E-state index contributed by atoms with van der Waals surface area (Å²) in [7, 11) is 0. The van der Waals surface area contributed by atoms with Crippen molar-refractivity contribution in [3.8, 4) is 0 Å². The first-order valence-electron chi connectivity index (χ1n) is 10.5. The Labute approximate surface area is 175 Å². The highest BCUT2D eigenvalue weighted by Crippen LogP contribution is 2.25. The van der Waals surface area contributed by atoms with Crippen molar-refractivity contribution >= 4 is 11.8 Å². The van der Waals surface area contributed by atoms with Crippen LogP contribution >= 0.6 is 0 Å². The van der Waals surface area contributed by atoms with Gasteiger partial charge in [0.2, 0.25) is 5.91 Å². The molecule has 9 heteroatoms. The molecule has 0 aromatic carbocycles. The number of nitrogens with zero attached hydrogens (tertiary/aromatic N) is 5. The van der Waals surface area contributed by atoms with Crippen molar-refractivity contribution in [2.75, 3.05) is 19.6 Å². The largest absolute Gasteiger partial charge is 0.368 e. The summed E-state index contributed by atoms with van der Waals surface area (Å²) >= 11 is 0. The molecule has 0 unspecified atom stereocenters. The van der Waals surface area contributed by atoms with Gasteiger partial charge in [-0.15, -0.1) is 0 Å². The van der Waals surface area contributed by atoms with E-state index in [1.807, 2.05) is 23.1 Å². The van der Waals surface area contributed by atoms with E-state index in [9.17, 15) is 9.59 Å². The van der Waals surface area contributed by atoms with E-state index >= 15 is 0 Å². The lowest BCUT2D eigenvalue weighted by Gasteiger charge is -2.34. The van der Waals surface area contributed by atoms with Gasteiger partial charge in [0, 0.05) is 25.3 Å². The molecule has 0 bridgehead atoms. The van der Waals surface area contributed by atoms with E-state index in [-0.39, 0.29) is 36.2 Å². The Balaban J connectivity index is 1.53. The fourth-order valence-electron chi connectivity index (χ4n) is 4.21. The van der Waals surface area contributed by atoms with Crippen LogP contribution in [0.1, 0.15) is 54.0 Å². The van der Waals surface area contributed by atoms with E-state index in [1.54, 1.807) is 13.1 Å². The van der Waals surface area contributed by atoms with Gasteiger partial charge in [-0.3, -0.25) is 14.6 Å². The van der Waals surface area contributed by atoms with Gasteiger partial charge in [-0.25, -0.2) is 4.63 Å². The number of carbonyl (C=O) groups is 2. The van der Waals surface area contributed by atoms with Crippen molar-refractivity contribution in [1.29, 1.82) is 0 Å². The Hall–Kier alpha value is -2.81. The number of carbonyl (C=O) groups excluding carboxylic acids is 2. The second kappa shape index (κ2) is 9.34. The molecule has 2 aliphatic rings. The maximum atomic E-state index is 13.1. The molecule has 3 heterocycles. The van der Waals surface area contributed by atoms with Gasteiger partial charge in [-0.1, -0.05) is 30.5 Å². The highest BCUT2D eigenvalue weighted by molar-refractivity contribution is 5.95. The lowest BCUT2D eigenvalue weighted by molar-refractivity contribution is -0.134. The summed E-state index contributed by atoms with van der Waals surface area (Å²) in [4.78, 5) is 33.8. The summed E-state index contributed by atoms with van der Waals surface area (Å²) in [5.74, 6) is -0.410. The zero-order valence-corrected chi connectivity index (χ0v) is 17.2. The molecule has 1 saturated carbocycles. The van der Waals surface area contributed by atoms with Crippen molar-refractivity contribution in [1.82, 2.24) is 25.1 Å². The average Bonchev–Trinajstić information content (AvgIpc) is 3.13. The smallest absolute Gasteiger partial charge is 0.278 e. The molecule has 2 aromatic rings. The Bertz CT molecular complexity index is 865. The average molecular weight is 413 g/mol. The first kappa shape index (κ1) is 20.5. The van der Waals surface area contributed by atoms with Gasteiger partial charge in [0.05, 0.1) is 18.4 Å². The van der Waals surface area contributed by atoms with Crippen molar-refractivity contribution in [2.45, 2.75) is 57.8 Å². The molecule has 1 aliphatic heterocycles. The van der Waals surface area contributed by atoms with Gasteiger partial charge >= 0.3 is 0 Å². The minimum atomic E-state index is -0.362. The third kappa shape index (κ3) is 4.67. The van der Waals surface area contributed by atoms with Crippen LogP contribution in [0.2, 0.25) is 0 Å². The molecule has 9 nitrogen and oxygen atoms in total. The standard InChI is InChI=1S/C21H27N5O4/c1-15-20(24-30-23-15)21(28)25-11-18(29-14-16-7-5-6-10-22-16)12-26(19(27)13-25)17-8-3-2-4-9-17/h5-7,10,17-18H,2-4,8-9,11-14H2,1H3/t18-/m1/s1. The number of rotatable bonds is 5. The molecule has 4 rings (SSSR count). The normalized spacial score (nSPS) is 21.0. The van der Waals surface area contributed by atoms with Crippen LogP contribution in [0.5, 0.6) is 0 Å². The highest BCUT2D eigenvalue weighted by atomic mass is 16.6. The van der Waals surface area contributed by atoms with Crippen LogP contribution in [0.4, 0.5) is 0 Å². The van der Waals surface area contributed by atoms with Crippen molar-refractivity contribution in [2.24, 2.45) is 0 Å². The summed E-state index contributed by atoms with van der Waals surface area (Å²) in [5.41, 5.74) is 1.36. The molecule has 160 valence electrons. The molecular weight excluding hydrogens is 386 g/mol. The predicted octanol–water partition coefficient (Wildman–Crippen LogP) is 1.98. The molecular formula is C21H27N5O4. The number of aryl methyl sites for hydroxylation is 1. The monoisotopic (exact) mass is 413 g/mol. The van der Waals surface area contributed by atoms with E-state index in [0.29, 0.717) is 25.4 Å². The van der Waals surface area contributed by atoms with Gasteiger partial charge in [0.1, 0.15) is 12.2 Å². The molecule has 2 aromatic heterocycles. The molecule has 0 spiro atoms. The number of hydrogen-bond donors (Lipinski definition) is 0. The second-order valence-electron chi connectivity index (χ2n) is 7.98. The SMILES string of the molecule is Cc1nonc1C(=O)N1CC(=O)N(C2CCCCC2)C[C@H](OCc2ccccn2)C1. The second-order valence-corrected chi connectivity index (χ2v) is 7.98. The summed E-state index contributed by atoms with van der Waals surface area (Å²) < 4.78 is 10.8. The molecule has 1 saturated heterocycles. The summed E-state index contributed by atoms with van der Waals surface area (Å²) in [5, 5.41) is 7.41.